The zero-order valence-corrected chi connectivity index (χ0v) is 4.74. The molecule has 0 aromatic heterocycles. The predicted molar refractivity (Wildman–Crippen MR) is 28.7 cm³/mol. The molecule has 0 bridgehead atoms. The van der Waals surface area contributed by atoms with E-state index in [1.165, 1.54) is 12.8 Å². The van der Waals surface area contributed by atoms with Crippen LogP contribution in [0.3, 0.4) is 0 Å². The maximum absolute atomic E-state index is 6.28. The Morgan fingerprint density at radius 2 is 2.14 bits per heavy atom. The Morgan fingerprint density at radius 3 is 2.57 bits per heavy atom. The van der Waals surface area contributed by atoms with Crippen LogP contribution in [0.15, 0.2) is 0 Å². The predicted octanol–water partition coefficient (Wildman–Crippen LogP) is 1.74. The van der Waals surface area contributed by atoms with Gasteiger partial charge in [0.2, 0.25) is 0 Å². The lowest BCUT2D eigenvalue weighted by molar-refractivity contribution is 0.234. The van der Waals surface area contributed by atoms with Crippen molar-refractivity contribution in [3.8, 4) is 0 Å². The molecule has 0 fully saturated rings. The fraction of sp³-hybridized carbons (Fsp3) is 0.833. The van der Waals surface area contributed by atoms with Crippen molar-refractivity contribution in [3.05, 3.63) is 7.11 Å². The first-order chi connectivity index (χ1) is 3.41. The molecule has 0 saturated heterocycles. The van der Waals surface area contributed by atoms with Crippen LogP contribution in [-0.4, -0.2) is 6.61 Å². The first kappa shape index (κ1) is 6.96. The second kappa shape index (κ2) is 5.96. The van der Waals surface area contributed by atoms with Crippen molar-refractivity contribution >= 4 is 0 Å². The number of unbranched alkanes of at least 4 members (excludes halogenated alkanes) is 2. The zero-order chi connectivity index (χ0) is 5.54. The summed E-state index contributed by atoms with van der Waals surface area (Å²) in [5, 5.41) is 0. The minimum absolute atomic E-state index is 0.591. The molecule has 0 aromatic rings. The van der Waals surface area contributed by atoms with Gasteiger partial charge in [-0.15, -0.1) is 0 Å². The molecule has 0 aromatic carbocycles. The average molecular weight is 88.1 g/mol. The van der Waals surface area contributed by atoms with Crippen LogP contribution in [0.4, 0.5) is 0 Å². The van der Waals surface area contributed by atoms with E-state index in [4.69, 9.17) is 7.11 Å². The molecule has 0 heterocycles. The first-order valence-electron chi connectivity index (χ1n) is 2.70. The van der Waals surface area contributed by atoms with Gasteiger partial charge in [0.1, 0.15) is 0 Å². The van der Waals surface area contributed by atoms with Crippen LogP contribution in [-0.2, 0) is 4.74 Å². The Hall–Kier alpha value is -0.0400. The van der Waals surface area contributed by atoms with Crippen molar-refractivity contribution in [2.45, 2.75) is 26.2 Å². The summed E-state index contributed by atoms with van der Waals surface area (Å²) in [5.74, 6) is 0. The van der Waals surface area contributed by atoms with E-state index in [2.05, 4.69) is 11.7 Å². The van der Waals surface area contributed by atoms with E-state index in [1.54, 1.807) is 0 Å². The van der Waals surface area contributed by atoms with Gasteiger partial charge in [-0.2, -0.15) is 0 Å². The van der Waals surface area contributed by atoms with Crippen molar-refractivity contribution in [3.63, 3.8) is 0 Å². The van der Waals surface area contributed by atoms with E-state index in [9.17, 15) is 0 Å². The third-order valence-corrected chi connectivity index (χ3v) is 0.850. The molecule has 7 heavy (non-hydrogen) atoms. The molecule has 0 unspecified atom stereocenters. The molecular formula is C6H11O. The lowest BCUT2D eigenvalue weighted by atomic mass is 0.933. The molecule has 0 aliphatic heterocycles. The number of hydrogen-bond donors (Lipinski definition) is 0. The summed E-state index contributed by atoms with van der Waals surface area (Å²) in [5.41, 5.74) is 0. The smallest absolute Gasteiger partial charge is 0.173 e. The second-order valence-corrected chi connectivity index (χ2v) is 1.56. The van der Waals surface area contributed by atoms with Crippen molar-refractivity contribution in [2.75, 3.05) is 6.61 Å². The molecule has 0 aliphatic rings. The monoisotopic (exact) mass is 88.1 g/mol. The highest BCUT2D eigenvalue weighted by molar-refractivity contribution is 4.33. The van der Waals surface area contributed by atoms with E-state index in [0.29, 0.717) is 6.61 Å². The molecular weight excluding hydrogens is 77.1 g/mol. The van der Waals surface area contributed by atoms with Gasteiger partial charge in [0.25, 0.3) is 0 Å². The topological polar surface area (TPSA) is 9.23 Å². The minimum Gasteiger partial charge on any atom is -0.365 e. The molecule has 41 valence electrons. The quantitative estimate of drug-likeness (QED) is 0.475. The zero-order valence-electron chi connectivity index (χ0n) is 4.74. The van der Waals surface area contributed by atoms with Crippen LogP contribution in [0.5, 0.6) is 0 Å². The standard InChI is InChI=1S/C6H11O/c1-3-4-5-6-7-2/h3-6H2,1H3/i2-11. The number of hydrogen-bond acceptors (Lipinski definition) is 1. The largest absolute Gasteiger partial charge is 0.365 e. The van der Waals surface area contributed by atoms with Crippen molar-refractivity contribution in [1.82, 2.24) is 0 Å². The Labute approximate surface area is 45.7 Å². The van der Waals surface area contributed by atoms with E-state index in [0.717, 1.165) is 6.42 Å². The van der Waals surface area contributed by atoms with Crippen LogP contribution in [0, 0.1) is 7.11 Å². The van der Waals surface area contributed by atoms with Gasteiger partial charge in [0, 0.05) is 6.61 Å². The minimum atomic E-state index is 0.591. The van der Waals surface area contributed by atoms with E-state index < -0.39 is 0 Å². The molecule has 0 aliphatic carbocycles. The van der Waals surface area contributed by atoms with Gasteiger partial charge in [0.05, 0.1) is 0 Å². The first-order valence-corrected chi connectivity index (χ1v) is 2.70. The Morgan fingerprint density at radius 1 is 1.43 bits per heavy atom. The molecule has 0 rings (SSSR count). The maximum atomic E-state index is 6.28. The summed E-state index contributed by atoms with van der Waals surface area (Å²) in [7, 11) is 6.28. The molecule has 0 atom stereocenters. The molecule has 1 nitrogen and oxygen atoms in total. The Balaban J connectivity index is 2.45. The summed E-state index contributed by atoms with van der Waals surface area (Å²) in [6.07, 6.45) is 3.40. The van der Waals surface area contributed by atoms with Crippen LogP contribution in [0.2, 0.25) is 0 Å². The van der Waals surface area contributed by atoms with Crippen molar-refractivity contribution in [2.24, 2.45) is 0 Å². The summed E-state index contributed by atoms with van der Waals surface area (Å²) < 4.78 is 4.09. The van der Waals surface area contributed by atoms with Gasteiger partial charge in [0.15, 0.2) is 7.11 Å². The fourth-order valence-corrected chi connectivity index (χ4v) is 0.424. The normalized spacial score (nSPS) is 9.43. The van der Waals surface area contributed by atoms with Crippen molar-refractivity contribution < 1.29 is 4.74 Å². The van der Waals surface area contributed by atoms with Crippen LogP contribution >= 0.6 is 0 Å². The third kappa shape index (κ3) is 5.96. The highest BCUT2D eigenvalue weighted by Gasteiger charge is 1.80. The van der Waals surface area contributed by atoms with Crippen LogP contribution in [0.25, 0.3) is 0 Å². The molecule has 0 spiro atoms. The number of rotatable bonds is 4. The Kier molecular flexibility index (Phi) is 5.93. The van der Waals surface area contributed by atoms with E-state index in [-0.39, 0.29) is 0 Å². The second-order valence-electron chi connectivity index (χ2n) is 1.56. The molecule has 0 saturated carbocycles. The molecule has 3 radical (unpaired) electrons. The molecule has 0 N–H and O–H groups in total. The lowest BCUT2D eigenvalue weighted by Gasteiger charge is -1.91. The van der Waals surface area contributed by atoms with Gasteiger partial charge in [-0.3, -0.25) is 0 Å². The van der Waals surface area contributed by atoms with Gasteiger partial charge in [-0.1, -0.05) is 19.8 Å². The fourth-order valence-electron chi connectivity index (χ4n) is 0.424. The molecule has 1 heteroatoms. The molecule has 0 amide bonds. The average Bonchev–Trinajstić information content (AvgIpc) is 1.69. The van der Waals surface area contributed by atoms with Crippen molar-refractivity contribution in [1.29, 1.82) is 0 Å². The van der Waals surface area contributed by atoms with Gasteiger partial charge in [-0.25, -0.2) is 0 Å². The summed E-state index contributed by atoms with van der Waals surface area (Å²) in [6.45, 7) is 2.72. The van der Waals surface area contributed by atoms with Crippen LogP contribution < -0.4 is 0 Å². The van der Waals surface area contributed by atoms with Gasteiger partial charge in [-0.05, 0) is 6.42 Å². The summed E-state index contributed by atoms with van der Waals surface area (Å²) >= 11 is 0. The lowest BCUT2D eigenvalue weighted by Crippen LogP contribution is -1.83. The van der Waals surface area contributed by atoms with Crippen LogP contribution in [0.1, 0.15) is 26.2 Å². The number of ether oxygens (including phenoxy) is 1. The van der Waals surface area contributed by atoms with E-state index >= 15 is 0 Å². The van der Waals surface area contributed by atoms with E-state index in [1.807, 2.05) is 0 Å². The summed E-state index contributed by atoms with van der Waals surface area (Å²) in [6, 6.07) is 0. The van der Waals surface area contributed by atoms with Gasteiger partial charge < -0.3 is 4.74 Å². The highest BCUT2D eigenvalue weighted by Crippen LogP contribution is 1.92. The maximum Gasteiger partial charge on any atom is 0.173 e. The van der Waals surface area contributed by atoms with Gasteiger partial charge >= 0.3 is 0 Å². The Bertz CT molecular complexity index is 23.4. The SMILES string of the molecule is CCCCCO[1C]. The highest BCUT2D eigenvalue weighted by atomic mass is 16.3. The summed E-state index contributed by atoms with van der Waals surface area (Å²) in [4.78, 5) is 0. The third-order valence-electron chi connectivity index (χ3n) is 0.850.